The van der Waals surface area contributed by atoms with Crippen LogP contribution < -0.4 is 9.47 Å². The molecule has 1 saturated heterocycles. The normalized spacial score (nSPS) is 18.8. The molecule has 98 valence electrons. The second-order valence-electron chi connectivity index (χ2n) is 4.48. The van der Waals surface area contributed by atoms with E-state index in [4.69, 9.17) is 9.47 Å². The zero-order valence-corrected chi connectivity index (χ0v) is 11.1. The van der Waals surface area contributed by atoms with Gasteiger partial charge in [0.05, 0.1) is 20.3 Å². The third-order valence-electron chi connectivity index (χ3n) is 3.45. The lowest BCUT2D eigenvalue weighted by atomic mass is 10.0. The van der Waals surface area contributed by atoms with Crippen LogP contribution in [0.2, 0.25) is 0 Å². The van der Waals surface area contributed by atoms with E-state index in [9.17, 15) is 4.79 Å². The minimum absolute atomic E-state index is 0.104. The van der Waals surface area contributed by atoms with Crippen molar-refractivity contribution in [1.29, 1.82) is 0 Å². The summed E-state index contributed by atoms with van der Waals surface area (Å²) in [6, 6.07) is 5.83. The van der Waals surface area contributed by atoms with Crippen molar-refractivity contribution in [3.8, 4) is 11.5 Å². The van der Waals surface area contributed by atoms with Gasteiger partial charge in [-0.1, -0.05) is 0 Å². The number of methoxy groups -OCH3 is 2. The Morgan fingerprint density at radius 1 is 1.33 bits per heavy atom. The Kier molecular flexibility index (Phi) is 3.75. The van der Waals surface area contributed by atoms with Gasteiger partial charge in [0, 0.05) is 19.0 Å². The fraction of sp³-hybridized carbons (Fsp3) is 0.500. The molecule has 4 heteroatoms. The summed E-state index contributed by atoms with van der Waals surface area (Å²) in [6.07, 6.45) is 2.01. The van der Waals surface area contributed by atoms with Crippen molar-refractivity contribution in [1.82, 2.24) is 4.90 Å². The molecule has 1 atom stereocenters. The number of benzene rings is 1. The molecule has 0 N–H and O–H groups in total. The summed E-state index contributed by atoms with van der Waals surface area (Å²) >= 11 is 0. The first kappa shape index (κ1) is 12.7. The topological polar surface area (TPSA) is 38.8 Å². The van der Waals surface area contributed by atoms with Crippen LogP contribution in [0, 0.1) is 0 Å². The number of likely N-dealkylation sites (tertiary alicyclic amines) is 1. The van der Waals surface area contributed by atoms with E-state index in [2.05, 4.69) is 0 Å². The van der Waals surface area contributed by atoms with Gasteiger partial charge in [-0.2, -0.15) is 0 Å². The maximum atomic E-state index is 11.6. The molecule has 1 unspecified atom stereocenters. The van der Waals surface area contributed by atoms with Crippen LogP contribution in [0.5, 0.6) is 11.5 Å². The molecule has 0 aliphatic carbocycles. The molecule has 1 fully saturated rings. The standard InChI is InChI=1S/C14H19NO3/c1-10(16)15-8-4-5-13(15)12-9-11(17-2)6-7-14(12)18-3/h6-7,9,13H,4-5,8H2,1-3H3. The van der Waals surface area contributed by atoms with Crippen LogP contribution >= 0.6 is 0 Å². The minimum Gasteiger partial charge on any atom is -0.497 e. The Labute approximate surface area is 107 Å². The quantitative estimate of drug-likeness (QED) is 0.825. The van der Waals surface area contributed by atoms with Gasteiger partial charge in [-0.05, 0) is 31.0 Å². The van der Waals surface area contributed by atoms with Crippen molar-refractivity contribution in [2.45, 2.75) is 25.8 Å². The van der Waals surface area contributed by atoms with E-state index in [1.165, 1.54) is 0 Å². The molecule has 0 bridgehead atoms. The average Bonchev–Trinajstić information content (AvgIpc) is 2.87. The monoisotopic (exact) mass is 249 g/mol. The fourth-order valence-electron chi connectivity index (χ4n) is 2.57. The molecular weight excluding hydrogens is 230 g/mol. The first-order chi connectivity index (χ1) is 8.67. The summed E-state index contributed by atoms with van der Waals surface area (Å²) in [4.78, 5) is 13.5. The third-order valence-corrected chi connectivity index (χ3v) is 3.45. The molecule has 0 saturated carbocycles. The summed E-state index contributed by atoms with van der Waals surface area (Å²) < 4.78 is 10.6. The molecule has 1 heterocycles. The number of amides is 1. The number of hydrogen-bond acceptors (Lipinski definition) is 3. The van der Waals surface area contributed by atoms with Gasteiger partial charge in [-0.3, -0.25) is 4.79 Å². The second kappa shape index (κ2) is 5.29. The van der Waals surface area contributed by atoms with Crippen molar-refractivity contribution in [2.75, 3.05) is 20.8 Å². The lowest BCUT2D eigenvalue weighted by molar-refractivity contribution is -0.129. The van der Waals surface area contributed by atoms with Crippen LogP contribution in [0.4, 0.5) is 0 Å². The predicted molar refractivity (Wildman–Crippen MR) is 68.9 cm³/mol. The molecule has 1 aromatic rings. The van der Waals surface area contributed by atoms with E-state index in [0.29, 0.717) is 0 Å². The summed E-state index contributed by atoms with van der Waals surface area (Å²) in [5.74, 6) is 1.72. The average molecular weight is 249 g/mol. The summed E-state index contributed by atoms with van der Waals surface area (Å²) in [6.45, 7) is 2.44. The molecule has 1 amide bonds. The van der Waals surface area contributed by atoms with E-state index >= 15 is 0 Å². The number of ether oxygens (including phenoxy) is 2. The molecule has 0 aromatic heterocycles. The largest absolute Gasteiger partial charge is 0.497 e. The zero-order valence-electron chi connectivity index (χ0n) is 11.1. The Morgan fingerprint density at radius 3 is 2.72 bits per heavy atom. The smallest absolute Gasteiger partial charge is 0.219 e. The first-order valence-corrected chi connectivity index (χ1v) is 6.16. The van der Waals surface area contributed by atoms with Crippen LogP contribution in [-0.2, 0) is 4.79 Å². The van der Waals surface area contributed by atoms with E-state index in [1.807, 2.05) is 23.1 Å². The number of rotatable bonds is 3. The first-order valence-electron chi connectivity index (χ1n) is 6.16. The number of carbonyl (C=O) groups excluding carboxylic acids is 1. The van der Waals surface area contributed by atoms with Crippen molar-refractivity contribution >= 4 is 5.91 Å². The van der Waals surface area contributed by atoms with Crippen molar-refractivity contribution in [3.63, 3.8) is 0 Å². The fourth-order valence-corrected chi connectivity index (χ4v) is 2.57. The van der Waals surface area contributed by atoms with Gasteiger partial charge < -0.3 is 14.4 Å². The minimum atomic E-state index is 0.104. The number of nitrogens with zero attached hydrogens (tertiary/aromatic N) is 1. The Balaban J connectivity index is 2.38. The van der Waals surface area contributed by atoms with Crippen LogP contribution in [0.15, 0.2) is 18.2 Å². The van der Waals surface area contributed by atoms with E-state index in [0.717, 1.165) is 36.4 Å². The van der Waals surface area contributed by atoms with Crippen molar-refractivity contribution in [2.24, 2.45) is 0 Å². The lowest BCUT2D eigenvalue weighted by Crippen LogP contribution is -2.28. The maximum Gasteiger partial charge on any atom is 0.219 e. The van der Waals surface area contributed by atoms with Gasteiger partial charge in [-0.25, -0.2) is 0 Å². The van der Waals surface area contributed by atoms with Gasteiger partial charge in [0.25, 0.3) is 0 Å². The van der Waals surface area contributed by atoms with E-state index < -0.39 is 0 Å². The molecule has 0 radical (unpaired) electrons. The molecule has 1 aliphatic rings. The van der Waals surface area contributed by atoms with Gasteiger partial charge in [0.2, 0.25) is 5.91 Å². The van der Waals surface area contributed by atoms with Crippen LogP contribution in [0.3, 0.4) is 0 Å². The molecule has 18 heavy (non-hydrogen) atoms. The predicted octanol–water partition coefficient (Wildman–Crippen LogP) is 2.39. The summed E-state index contributed by atoms with van der Waals surface area (Å²) in [7, 11) is 3.29. The summed E-state index contributed by atoms with van der Waals surface area (Å²) in [5, 5.41) is 0. The highest BCUT2D eigenvalue weighted by atomic mass is 16.5. The van der Waals surface area contributed by atoms with Crippen LogP contribution in [-0.4, -0.2) is 31.6 Å². The highest BCUT2D eigenvalue weighted by molar-refractivity contribution is 5.74. The van der Waals surface area contributed by atoms with Crippen molar-refractivity contribution in [3.05, 3.63) is 23.8 Å². The van der Waals surface area contributed by atoms with E-state index in [1.54, 1.807) is 21.1 Å². The Bertz CT molecular complexity index is 445. The Hall–Kier alpha value is -1.71. The van der Waals surface area contributed by atoms with Gasteiger partial charge >= 0.3 is 0 Å². The highest BCUT2D eigenvalue weighted by Gasteiger charge is 2.30. The molecule has 0 spiro atoms. The zero-order chi connectivity index (χ0) is 13.1. The SMILES string of the molecule is COc1ccc(OC)c(C2CCCN2C(C)=O)c1. The third kappa shape index (κ3) is 2.28. The van der Waals surface area contributed by atoms with Gasteiger partial charge in [0.1, 0.15) is 11.5 Å². The molecule has 2 rings (SSSR count). The molecule has 1 aliphatic heterocycles. The van der Waals surface area contributed by atoms with Crippen LogP contribution in [0.25, 0.3) is 0 Å². The van der Waals surface area contributed by atoms with E-state index in [-0.39, 0.29) is 11.9 Å². The van der Waals surface area contributed by atoms with Gasteiger partial charge in [-0.15, -0.1) is 0 Å². The lowest BCUT2D eigenvalue weighted by Gasteiger charge is -2.25. The van der Waals surface area contributed by atoms with Crippen molar-refractivity contribution < 1.29 is 14.3 Å². The number of hydrogen-bond donors (Lipinski definition) is 0. The molecule has 4 nitrogen and oxygen atoms in total. The highest BCUT2D eigenvalue weighted by Crippen LogP contribution is 2.38. The van der Waals surface area contributed by atoms with Crippen LogP contribution in [0.1, 0.15) is 31.4 Å². The summed E-state index contributed by atoms with van der Waals surface area (Å²) in [5.41, 5.74) is 1.03. The van der Waals surface area contributed by atoms with Gasteiger partial charge in [0.15, 0.2) is 0 Å². The molecular formula is C14H19NO3. The second-order valence-corrected chi connectivity index (χ2v) is 4.48. The maximum absolute atomic E-state index is 11.6. The number of carbonyl (C=O) groups is 1. The molecule has 1 aromatic carbocycles. The Morgan fingerprint density at radius 2 is 2.11 bits per heavy atom.